The average molecular weight is 265 g/mol. The van der Waals surface area contributed by atoms with Crippen LogP contribution < -0.4 is 5.73 Å². The molecule has 4 aliphatic heterocycles. The van der Waals surface area contributed by atoms with Crippen LogP contribution in [-0.2, 0) is 4.79 Å². The van der Waals surface area contributed by atoms with E-state index in [-0.39, 0.29) is 11.8 Å². The number of likely N-dealkylation sites (tertiary alicyclic amines) is 1. The third-order valence-electron chi connectivity index (χ3n) is 6.02. The highest BCUT2D eigenvalue weighted by atomic mass is 16.1. The molecule has 4 saturated heterocycles. The molecule has 1 atom stereocenters. The van der Waals surface area contributed by atoms with Crippen molar-refractivity contribution in [3.8, 4) is 0 Å². The third kappa shape index (κ3) is 2.40. The molecule has 2 N–H and O–H groups in total. The first-order valence-electron chi connectivity index (χ1n) is 7.86. The molecule has 0 spiro atoms. The molecule has 4 heteroatoms. The van der Waals surface area contributed by atoms with E-state index in [1.165, 1.54) is 38.9 Å². The Morgan fingerprint density at radius 3 is 2.26 bits per heavy atom. The van der Waals surface area contributed by atoms with Crippen molar-refractivity contribution in [1.29, 1.82) is 0 Å². The van der Waals surface area contributed by atoms with E-state index in [1.807, 2.05) is 0 Å². The van der Waals surface area contributed by atoms with Crippen LogP contribution in [0.15, 0.2) is 0 Å². The zero-order valence-electron chi connectivity index (χ0n) is 12.1. The number of carbonyl (C=O) groups excluding carboxylic acids is 1. The number of piperidine rings is 2. The summed E-state index contributed by atoms with van der Waals surface area (Å²) < 4.78 is 0. The summed E-state index contributed by atoms with van der Waals surface area (Å²) in [7, 11) is 0. The lowest BCUT2D eigenvalue weighted by Crippen LogP contribution is -2.55. The van der Waals surface area contributed by atoms with Crippen molar-refractivity contribution < 1.29 is 4.79 Å². The van der Waals surface area contributed by atoms with Crippen molar-refractivity contribution in [3.63, 3.8) is 0 Å². The van der Waals surface area contributed by atoms with E-state index < -0.39 is 0 Å². The molecule has 4 fully saturated rings. The number of hydrogen-bond donors (Lipinski definition) is 1. The van der Waals surface area contributed by atoms with E-state index in [4.69, 9.17) is 5.73 Å². The first kappa shape index (κ1) is 13.4. The van der Waals surface area contributed by atoms with Crippen molar-refractivity contribution in [2.45, 2.75) is 44.6 Å². The second kappa shape index (κ2) is 5.06. The maximum Gasteiger partial charge on any atom is 0.220 e. The highest BCUT2D eigenvalue weighted by Crippen LogP contribution is 2.40. The van der Waals surface area contributed by atoms with Gasteiger partial charge in [-0.15, -0.1) is 0 Å². The number of hydrogen-bond acceptors (Lipinski definition) is 3. The molecular weight excluding hydrogens is 238 g/mol. The van der Waals surface area contributed by atoms with Crippen LogP contribution in [0.25, 0.3) is 0 Å². The molecule has 0 aromatic heterocycles. The molecule has 0 aliphatic carbocycles. The van der Waals surface area contributed by atoms with Gasteiger partial charge in [-0.1, -0.05) is 0 Å². The van der Waals surface area contributed by atoms with Crippen LogP contribution in [0.1, 0.15) is 39.0 Å². The number of fused-ring (bicyclic) bond motifs is 4. The molecule has 1 unspecified atom stereocenters. The summed E-state index contributed by atoms with van der Waals surface area (Å²) in [6.07, 6.45) is 5.92. The fourth-order valence-electron chi connectivity index (χ4n) is 4.46. The van der Waals surface area contributed by atoms with E-state index >= 15 is 0 Å². The third-order valence-corrected chi connectivity index (χ3v) is 6.02. The predicted molar refractivity (Wildman–Crippen MR) is 75.7 cm³/mol. The monoisotopic (exact) mass is 265 g/mol. The van der Waals surface area contributed by atoms with Crippen LogP contribution in [0.2, 0.25) is 0 Å². The largest absolute Gasteiger partial charge is 0.369 e. The van der Waals surface area contributed by atoms with E-state index in [0.29, 0.717) is 5.54 Å². The van der Waals surface area contributed by atoms with E-state index in [2.05, 4.69) is 16.7 Å². The van der Waals surface area contributed by atoms with Crippen LogP contribution in [0.4, 0.5) is 0 Å². The summed E-state index contributed by atoms with van der Waals surface area (Å²) in [5, 5.41) is 0. The van der Waals surface area contributed by atoms with Gasteiger partial charge in [-0.3, -0.25) is 9.69 Å². The molecule has 4 heterocycles. The van der Waals surface area contributed by atoms with Crippen LogP contribution in [-0.4, -0.2) is 54.0 Å². The van der Waals surface area contributed by atoms with Gasteiger partial charge in [-0.05, 0) is 77.7 Å². The topological polar surface area (TPSA) is 49.6 Å². The Morgan fingerprint density at radius 2 is 1.68 bits per heavy atom. The average Bonchev–Trinajstić information content (AvgIpc) is 2.70. The quantitative estimate of drug-likeness (QED) is 0.812. The zero-order valence-corrected chi connectivity index (χ0v) is 12.1. The molecule has 4 rings (SSSR count). The van der Waals surface area contributed by atoms with Gasteiger partial charge >= 0.3 is 0 Å². The molecule has 108 valence electrons. The van der Waals surface area contributed by atoms with Crippen molar-refractivity contribution in [3.05, 3.63) is 0 Å². The second-order valence-corrected chi connectivity index (χ2v) is 6.89. The van der Waals surface area contributed by atoms with E-state index in [0.717, 1.165) is 31.8 Å². The maximum atomic E-state index is 11.3. The predicted octanol–water partition coefficient (Wildman–Crippen LogP) is 1.06. The minimum absolute atomic E-state index is 0.0993. The van der Waals surface area contributed by atoms with Crippen molar-refractivity contribution in [1.82, 2.24) is 9.80 Å². The van der Waals surface area contributed by atoms with Gasteiger partial charge in [-0.25, -0.2) is 0 Å². The standard InChI is InChI=1S/C15H27N3O/c1-15(6-11-17-7-4-13(15)5-8-17)18-9-2-12(3-10-18)14(16)19/h12-13H,2-11H2,1H3,(H2,16,19). The first-order valence-corrected chi connectivity index (χ1v) is 7.86. The smallest absolute Gasteiger partial charge is 0.220 e. The molecule has 0 aromatic carbocycles. The zero-order chi connectivity index (χ0) is 13.5. The summed E-state index contributed by atoms with van der Waals surface area (Å²) in [6, 6.07) is 0. The van der Waals surface area contributed by atoms with Gasteiger partial charge in [0, 0.05) is 11.5 Å². The first-order chi connectivity index (χ1) is 9.09. The lowest BCUT2D eigenvalue weighted by Gasteiger charge is -2.48. The SMILES string of the molecule is CC1(N2CCC(C(N)=O)CC2)CCN2CCC1CC2. The Balaban J connectivity index is 1.69. The Kier molecular flexibility index (Phi) is 3.56. The van der Waals surface area contributed by atoms with Gasteiger partial charge in [0.1, 0.15) is 0 Å². The molecule has 1 amide bonds. The van der Waals surface area contributed by atoms with Gasteiger partial charge in [-0.2, -0.15) is 0 Å². The van der Waals surface area contributed by atoms with Crippen LogP contribution in [0, 0.1) is 11.8 Å². The van der Waals surface area contributed by atoms with Gasteiger partial charge in [0.05, 0.1) is 0 Å². The van der Waals surface area contributed by atoms with Crippen molar-refractivity contribution in [2.75, 3.05) is 32.7 Å². The number of rotatable bonds is 2. The maximum absolute atomic E-state index is 11.3. The summed E-state index contributed by atoms with van der Waals surface area (Å²) in [5.74, 6) is 0.861. The van der Waals surface area contributed by atoms with Crippen LogP contribution >= 0.6 is 0 Å². The van der Waals surface area contributed by atoms with Gasteiger partial charge < -0.3 is 10.6 Å². The second-order valence-electron chi connectivity index (χ2n) is 6.89. The van der Waals surface area contributed by atoms with Crippen LogP contribution in [0.5, 0.6) is 0 Å². The number of nitrogens with two attached hydrogens (primary N) is 1. The van der Waals surface area contributed by atoms with Crippen molar-refractivity contribution in [2.24, 2.45) is 17.6 Å². The highest BCUT2D eigenvalue weighted by molar-refractivity contribution is 5.76. The molecule has 0 saturated carbocycles. The van der Waals surface area contributed by atoms with Crippen molar-refractivity contribution >= 4 is 5.91 Å². The molecule has 4 aliphatic rings. The molecule has 19 heavy (non-hydrogen) atoms. The minimum atomic E-state index is -0.0993. The molecule has 4 nitrogen and oxygen atoms in total. The van der Waals surface area contributed by atoms with Gasteiger partial charge in [0.15, 0.2) is 0 Å². The minimum Gasteiger partial charge on any atom is -0.369 e. The fraction of sp³-hybridized carbons (Fsp3) is 0.933. The highest BCUT2D eigenvalue weighted by Gasteiger charge is 2.44. The van der Waals surface area contributed by atoms with E-state index in [1.54, 1.807) is 0 Å². The molecular formula is C15H27N3O. The lowest BCUT2D eigenvalue weighted by atomic mass is 9.76. The number of nitrogens with zero attached hydrogens (tertiary/aromatic N) is 2. The number of primary amides is 1. The Labute approximate surface area is 116 Å². The van der Waals surface area contributed by atoms with Gasteiger partial charge in [0.2, 0.25) is 5.91 Å². The number of amides is 1. The molecule has 2 bridgehead atoms. The summed E-state index contributed by atoms with van der Waals surface area (Å²) >= 11 is 0. The lowest BCUT2D eigenvalue weighted by molar-refractivity contribution is -0.124. The molecule has 0 aromatic rings. The normalized spacial score (nSPS) is 41.1. The summed E-state index contributed by atoms with van der Waals surface area (Å²) in [5.41, 5.74) is 5.80. The van der Waals surface area contributed by atoms with E-state index in [9.17, 15) is 4.79 Å². The number of carbonyl (C=O) groups is 1. The molecule has 0 radical (unpaired) electrons. The van der Waals surface area contributed by atoms with Crippen LogP contribution in [0.3, 0.4) is 0 Å². The Hall–Kier alpha value is -0.610. The Bertz CT molecular complexity index is 343. The fourth-order valence-corrected chi connectivity index (χ4v) is 4.46. The summed E-state index contributed by atoms with van der Waals surface area (Å²) in [6.45, 7) is 8.41. The summed E-state index contributed by atoms with van der Waals surface area (Å²) in [4.78, 5) is 16.6. The Morgan fingerprint density at radius 1 is 1.05 bits per heavy atom. The van der Waals surface area contributed by atoms with Gasteiger partial charge in [0.25, 0.3) is 0 Å².